The number of furan rings is 1. The minimum atomic E-state index is -0.771. The summed E-state index contributed by atoms with van der Waals surface area (Å²) in [4.78, 5) is 6.88. The molecule has 2 heterocycles. The van der Waals surface area contributed by atoms with Crippen LogP contribution in [0.2, 0.25) is 0 Å². The average molecular weight is 552 g/mol. The molecule has 5 aromatic carbocycles. The van der Waals surface area contributed by atoms with Crippen LogP contribution in [0.25, 0.3) is 22.6 Å². The maximum absolute atomic E-state index is 6.91. The first-order valence-electron chi connectivity index (χ1n) is 13.9. The summed E-state index contributed by atoms with van der Waals surface area (Å²) in [5, 5.41) is 1.95. The van der Waals surface area contributed by atoms with Gasteiger partial charge >= 0.3 is 0 Å². The normalized spacial score (nSPS) is 16.3. The Balaban J connectivity index is 1.53. The van der Waals surface area contributed by atoms with Gasteiger partial charge in [-0.15, -0.1) is 0 Å². The van der Waals surface area contributed by atoms with Crippen molar-refractivity contribution in [3.63, 3.8) is 0 Å². The van der Waals surface area contributed by atoms with E-state index in [1.807, 2.05) is 126 Å². The first-order chi connectivity index (χ1) is 20.8. The van der Waals surface area contributed by atoms with E-state index in [0.717, 1.165) is 45.0 Å². The van der Waals surface area contributed by atoms with Crippen molar-refractivity contribution < 1.29 is 18.7 Å². The minimum Gasteiger partial charge on any atom is -0.497 e. The monoisotopic (exact) mass is 551 g/mol. The topological polar surface area (TPSA) is 44.1 Å². The molecule has 7 rings (SSSR count). The molecule has 42 heavy (non-hydrogen) atoms. The Morgan fingerprint density at radius 3 is 1.71 bits per heavy atom. The third-order valence-electron chi connectivity index (χ3n) is 7.43. The second-order valence-corrected chi connectivity index (χ2v) is 10.0. The van der Waals surface area contributed by atoms with Crippen LogP contribution >= 0.6 is 0 Å². The summed E-state index contributed by atoms with van der Waals surface area (Å²) < 4.78 is 19.2. The van der Waals surface area contributed by atoms with Gasteiger partial charge in [0.2, 0.25) is 6.29 Å². The van der Waals surface area contributed by atoms with Gasteiger partial charge in [-0.1, -0.05) is 109 Å². The van der Waals surface area contributed by atoms with Crippen LogP contribution in [0.1, 0.15) is 29.0 Å². The molecular weight excluding hydrogens is 522 g/mol. The summed E-state index contributed by atoms with van der Waals surface area (Å²) in [5.41, 5.74) is 5.55. The van der Waals surface area contributed by atoms with Crippen LogP contribution in [0.15, 0.2) is 150 Å². The van der Waals surface area contributed by atoms with Gasteiger partial charge in [0.05, 0.1) is 18.4 Å². The van der Waals surface area contributed by atoms with Gasteiger partial charge in [-0.25, -0.2) is 9.90 Å². The minimum absolute atomic E-state index is 0.386. The Bertz CT molecular complexity index is 1750. The van der Waals surface area contributed by atoms with E-state index in [2.05, 4.69) is 24.3 Å². The highest BCUT2D eigenvalue weighted by molar-refractivity contribution is 5.78. The maximum Gasteiger partial charge on any atom is 0.250 e. The van der Waals surface area contributed by atoms with Crippen molar-refractivity contribution in [3.05, 3.63) is 162 Å². The van der Waals surface area contributed by atoms with E-state index in [1.165, 1.54) is 0 Å². The number of methoxy groups -OCH3 is 1. The van der Waals surface area contributed by atoms with Crippen molar-refractivity contribution in [3.8, 4) is 34.1 Å². The van der Waals surface area contributed by atoms with Crippen LogP contribution in [0.4, 0.5) is 5.69 Å². The molecule has 1 aromatic heterocycles. The average Bonchev–Trinajstić information content (AvgIpc) is 3.34. The van der Waals surface area contributed by atoms with Crippen molar-refractivity contribution in [1.29, 1.82) is 0 Å². The highest BCUT2D eigenvalue weighted by Crippen LogP contribution is 2.53. The van der Waals surface area contributed by atoms with Crippen molar-refractivity contribution in [2.45, 2.75) is 12.3 Å². The highest BCUT2D eigenvalue weighted by Gasteiger charge is 2.40. The quantitative estimate of drug-likeness (QED) is 0.206. The molecule has 206 valence electrons. The first-order valence-corrected chi connectivity index (χ1v) is 13.9. The summed E-state index contributed by atoms with van der Waals surface area (Å²) >= 11 is 0. The van der Waals surface area contributed by atoms with Crippen LogP contribution in [-0.2, 0) is 4.84 Å². The number of fused-ring (bicyclic) bond motifs is 1. The van der Waals surface area contributed by atoms with Crippen molar-refractivity contribution in [1.82, 2.24) is 0 Å². The number of hydrogen-bond acceptors (Lipinski definition) is 5. The van der Waals surface area contributed by atoms with E-state index in [4.69, 9.17) is 18.7 Å². The lowest BCUT2D eigenvalue weighted by Crippen LogP contribution is -2.30. The lowest BCUT2D eigenvalue weighted by molar-refractivity contribution is -0.0935. The second kappa shape index (κ2) is 11.3. The third-order valence-corrected chi connectivity index (χ3v) is 7.43. The molecule has 5 heteroatoms. The molecule has 0 N–H and O–H groups in total. The predicted molar refractivity (Wildman–Crippen MR) is 164 cm³/mol. The molecule has 6 aromatic rings. The summed E-state index contributed by atoms with van der Waals surface area (Å²) in [7, 11) is 1.66. The Labute approximate surface area is 245 Å². The molecule has 0 aliphatic carbocycles. The molecule has 0 spiro atoms. The Morgan fingerprint density at radius 2 is 1.12 bits per heavy atom. The molecule has 2 atom stereocenters. The first kappa shape index (κ1) is 25.7. The van der Waals surface area contributed by atoms with E-state index in [9.17, 15) is 0 Å². The van der Waals surface area contributed by atoms with Gasteiger partial charge in [0.15, 0.2) is 11.5 Å². The van der Waals surface area contributed by atoms with Gasteiger partial charge in [-0.05, 0) is 42.0 Å². The fourth-order valence-electron chi connectivity index (χ4n) is 5.40. The van der Waals surface area contributed by atoms with Crippen LogP contribution in [0.5, 0.6) is 11.5 Å². The van der Waals surface area contributed by atoms with Crippen molar-refractivity contribution in [2.75, 3.05) is 12.2 Å². The summed E-state index contributed by atoms with van der Waals surface area (Å²) in [5.74, 6) is 2.79. The standard InChI is InChI=1S/C37H29NO4/c1-39-31-24-22-29(23-25-31)37-41-36-32(33(26-14-6-2-7-15-26)38(42-37)30-20-12-5-13-21-30)34(27-16-8-3-9-17-27)40-35(36)28-18-10-4-11-19-28/h2-25,33,37H,1H3/t33-,37+/m1/s1. The van der Waals surface area contributed by atoms with Crippen LogP contribution < -0.4 is 14.5 Å². The molecule has 0 bridgehead atoms. The fourth-order valence-corrected chi connectivity index (χ4v) is 5.40. The highest BCUT2D eigenvalue weighted by atomic mass is 16.8. The predicted octanol–water partition coefficient (Wildman–Crippen LogP) is 9.24. The number of nitrogens with zero attached hydrogens (tertiary/aromatic N) is 1. The number of ether oxygens (including phenoxy) is 2. The number of para-hydroxylation sites is 1. The fraction of sp³-hybridized carbons (Fsp3) is 0.0811. The number of hydrogen-bond donors (Lipinski definition) is 0. The summed E-state index contributed by atoms with van der Waals surface area (Å²) in [6, 6.07) is 48.1. The van der Waals surface area contributed by atoms with Gasteiger partial charge in [0.25, 0.3) is 0 Å². The molecule has 0 saturated heterocycles. The lowest BCUT2D eigenvalue weighted by Gasteiger charge is -2.32. The zero-order valence-electron chi connectivity index (χ0n) is 23.1. The summed E-state index contributed by atoms with van der Waals surface area (Å²) in [6.45, 7) is 0. The number of benzene rings is 5. The van der Waals surface area contributed by atoms with E-state index < -0.39 is 6.29 Å². The summed E-state index contributed by atoms with van der Waals surface area (Å²) in [6.07, 6.45) is -0.771. The molecule has 0 radical (unpaired) electrons. The van der Waals surface area contributed by atoms with Gasteiger partial charge in [-0.2, -0.15) is 0 Å². The molecule has 0 unspecified atom stereocenters. The zero-order valence-corrected chi connectivity index (χ0v) is 23.1. The van der Waals surface area contributed by atoms with Gasteiger partial charge in [-0.3, -0.25) is 0 Å². The Kier molecular flexibility index (Phi) is 6.92. The number of anilines is 1. The molecule has 5 nitrogen and oxygen atoms in total. The largest absolute Gasteiger partial charge is 0.497 e. The molecular formula is C37H29NO4. The zero-order chi connectivity index (χ0) is 28.3. The van der Waals surface area contributed by atoms with Gasteiger partial charge in [0.1, 0.15) is 17.6 Å². The van der Waals surface area contributed by atoms with Crippen LogP contribution in [0.3, 0.4) is 0 Å². The molecule has 0 amide bonds. The van der Waals surface area contributed by atoms with Gasteiger partial charge in [0, 0.05) is 16.7 Å². The molecule has 0 fully saturated rings. The molecule has 0 saturated carbocycles. The SMILES string of the molecule is COc1ccc([C@H]2Oc3c(-c4ccccc4)oc(-c4ccccc4)c3[C@@H](c3ccccc3)N(c3ccccc3)O2)cc1. The Morgan fingerprint density at radius 1 is 0.571 bits per heavy atom. The third kappa shape index (κ3) is 4.80. The van der Waals surface area contributed by atoms with Crippen LogP contribution in [0, 0.1) is 0 Å². The van der Waals surface area contributed by atoms with Crippen LogP contribution in [-0.4, -0.2) is 7.11 Å². The maximum atomic E-state index is 6.91. The van der Waals surface area contributed by atoms with E-state index in [-0.39, 0.29) is 6.04 Å². The molecule has 1 aliphatic heterocycles. The molecule has 1 aliphatic rings. The van der Waals surface area contributed by atoms with E-state index >= 15 is 0 Å². The Hall–Kier alpha value is -5.26. The number of hydroxylamine groups is 1. The smallest absolute Gasteiger partial charge is 0.250 e. The van der Waals surface area contributed by atoms with E-state index in [0.29, 0.717) is 11.5 Å². The van der Waals surface area contributed by atoms with E-state index in [1.54, 1.807) is 7.11 Å². The second-order valence-electron chi connectivity index (χ2n) is 10.0. The lowest BCUT2D eigenvalue weighted by atomic mass is 9.94. The number of rotatable bonds is 6. The van der Waals surface area contributed by atoms with Crippen molar-refractivity contribution >= 4 is 5.69 Å². The van der Waals surface area contributed by atoms with Gasteiger partial charge < -0.3 is 13.9 Å². The van der Waals surface area contributed by atoms with Crippen molar-refractivity contribution in [2.24, 2.45) is 0 Å².